The fraction of sp³-hybridized carbons (Fsp3) is 0.588. The number of aromatic hydroxyl groups is 1. The summed E-state index contributed by atoms with van der Waals surface area (Å²) in [6.07, 6.45) is 1.21. The lowest BCUT2D eigenvalue weighted by Crippen LogP contribution is -2.61. The van der Waals surface area contributed by atoms with Crippen molar-refractivity contribution in [2.45, 2.75) is 24.9 Å². The lowest BCUT2D eigenvalue weighted by molar-refractivity contribution is -0.142. The van der Waals surface area contributed by atoms with E-state index >= 15 is 0 Å². The summed E-state index contributed by atoms with van der Waals surface area (Å²) in [4.78, 5) is 16.9. The number of benzene rings is 1. The highest BCUT2D eigenvalue weighted by atomic mass is 16.5. The van der Waals surface area contributed by atoms with Crippen molar-refractivity contribution in [3.8, 4) is 5.75 Å². The third-order valence-corrected chi connectivity index (χ3v) is 4.79. The van der Waals surface area contributed by atoms with Gasteiger partial charge in [-0.05, 0) is 30.5 Å². The largest absolute Gasteiger partial charge is 0.508 e. The third-order valence-electron chi connectivity index (χ3n) is 4.79. The topological polar surface area (TPSA) is 79.0 Å². The highest BCUT2D eigenvalue weighted by Gasteiger charge is 2.39. The summed E-state index contributed by atoms with van der Waals surface area (Å²) in [7, 11) is 0. The van der Waals surface area contributed by atoms with Gasteiger partial charge in [0.25, 0.3) is 0 Å². The predicted octanol–water partition coefficient (Wildman–Crippen LogP) is 0.544. The maximum absolute atomic E-state index is 12.7. The molecule has 0 radical (unpaired) electrons. The van der Waals surface area contributed by atoms with Crippen LogP contribution in [0.25, 0.3) is 0 Å². The highest BCUT2D eigenvalue weighted by Crippen LogP contribution is 2.22. The van der Waals surface area contributed by atoms with E-state index in [1.807, 2.05) is 17.0 Å². The number of amides is 1. The second-order valence-electron chi connectivity index (χ2n) is 6.51. The molecule has 2 fully saturated rings. The van der Waals surface area contributed by atoms with E-state index in [0.29, 0.717) is 44.9 Å². The molecule has 1 amide bonds. The van der Waals surface area contributed by atoms with Gasteiger partial charge in [0.05, 0.1) is 5.54 Å². The Bertz CT molecular complexity index is 550. The zero-order chi connectivity index (χ0) is 16.3. The molecule has 0 saturated carbocycles. The van der Waals surface area contributed by atoms with E-state index in [2.05, 4.69) is 4.90 Å². The average Bonchev–Trinajstić information content (AvgIpc) is 2.56. The minimum Gasteiger partial charge on any atom is -0.508 e. The number of carbonyl (C=O) groups excluding carboxylic acids is 1. The van der Waals surface area contributed by atoms with Gasteiger partial charge in [-0.25, -0.2) is 0 Å². The fourth-order valence-corrected chi connectivity index (χ4v) is 3.29. The zero-order valence-corrected chi connectivity index (χ0v) is 13.4. The Morgan fingerprint density at radius 1 is 1.22 bits per heavy atom. The molecular formula is C17H25N3O3. The van der Waals surface area contributed by atoms with E-state index < -0.39 is 5.54 Å². The van der Waals surface area contributed by atoms with Crippen molar-refractivity contribution in [2.24, 2.45) is 5.73 Å². The molecule has 6 nitrogen and oxygen atoms in total. The normalized spacial score (nSPS) is 22.0. The van der Waals surface area contributed by atoms with Crippen molar-refractivity contribution in [3.63, 3.8) is 0 Å². The van der Waals surface area contributed by atoms with Crippen molar-refractivity contribution in [2.75, 3.05) is 39.4 Å². The molecule has 23 heavy (non-hydrogen) atoms. The number of ether oxygens (including phenoxy) is 1. The summed E-state index contributed by atoms with van der Waals surface area (Å²) in [6, 6.07) is 7.32. The summed E-state index contributed by atoms with van der Waals surface area (Å²) in [6.45, 7) is 4.99. The Morgan fingerprint density at radius 3 is 2.57 bits per heavy atom. The zero-order valence-electron chi connectivity index (χ0n) is 13.4. The molecule has 0 atom stereocenters. The van der Waals surface area contributed by atoms with Gasteiger partial charge >= 0.3 is 0 Å². The van der Waals surface area contributed by atoms with E-state index in [0.717, 1.165) is 25.2 Å². The highest BCUT2D eigenvalue weighted by molar-refractivity contribution is 5.86. The van der Waals surface area contributed by atoms with E-state index in [1.165, 1.54) is 0 Å². The lowest BCUT2D eigenvalue weighted by atomic mass is 9.89. The Kier molecular flexibility index (Phi) is 4.84. The van der Waals surface area contributed by atoms with Gasteiger partial charge in [-0.2, -0.15) is 0 Å². The van der Waals surface area contributed by atoms with E-state index in [1.54, 1.807) is 12.1 Å². The molecule has 126 valence electrons. The molecule has 1 aromatic rings. The average molecular weight is 319 g/mol. The van der Waals surface area contributed by atoms with Crippen LogP contribution in [0.5, 0.6) is 5.75 Å². The van der Waals surface area contributed by atoms with Crippen molar-refractivity contribution in [1.82, 2.24) is 9.80 Å². The van der Waals surface area contributed by atoms with Gasteiger partial charge in [-0.15, -0.1) is 0 Å². The molecule has 3 N–H and O–H groups in total. The van der Waals surface area contributed by atoms with Gasteiger partial charge in [-0.1, -0.05) is 12.1 Å². The number of nitrogens with zero attached hydrogens (tertiary/aromatic N) is 2. The maximum Gasteiger partial charge on any atom is 0.242 e. The van der Waals surface area contributed by atoms with Gasteiger partial charge in [0.15, 0.2) is 0 Å². The summed E-state index contributed by atoms with van der Waals surface area (Å²) in [5.74, 6) is 0.360. The minimum absolute atomic E-state index is 0.0674. The molecule has 3 rings (SSSR count). The molecule has 1 aromatic carbocycles. The maximum atomic E-state index is 12.7. The van der Waals surface area contributed by atoms with E-state index in [4.69, 9.17) is 10.5 Å². The summed E-state index contributed by atoms with van der Waals surface area (Å²) < 4.78 is 5.32. The first-order valence-electron chi connectivity index (χ1n) is 8.23. The number of rotatable bonds is 3. The number of hydrogen-bond donors (Lipinski definition) is 2. The Labute approximate surface area is 136 Å². The predicted molar refractivity (Wildman–Crippen MR) is 86.9 cm³/mol. The van der Waals surface area contributed by atoms with Crippen LogP contribution in [0.1, 0.15) is 18.4 Å². The van der Waals surface area contributed by atoms with Crippen LogP contribution in [0.15, 0.2) is 24.3 Å². The second kappa shape index (κ2) is 6.86. The molecule has 2 aliphatic rings. The molecular weight excluding hydrogens is 294 g/mol. The Hall–Kier alpha value is -1.63. The van der Waals surface area contributed by atoms with Crippen molar-refractivity contribution >= 4 is 5.91 Å². The summed E-state index contributed by atoms with van der Waals surface area (Å²) in [5, 5.41) is 9.53. The van der Waals surface area contributed by atoms with Crippen LogP contribution in [0.4, 0.5) is 0 Å². The minimum atomic E-state index is -0.744. The molecule has 2 saturated heterocycles. The molecule has 2 heterocycles. The SMILES string of the molecule is NC1(C(=O)N2CCN(Cc3cccc(O)c3)CC2)CCOCC1. The number of phenolic OH excluding ortho intramolecular Hbond substituents is 1. The molecule has 0 bridgehead atoms. The Balaban J connectivity index is 1.53. The number of carbonyl (C=O) groups is 1. The second-order valence-corrected chi connectivity index (χ2v) is 6.51. The monoisotopic (exact) mass is 319 g/mol. The molecule has 0 unspecified atom stereocenters. The molecule has 0 spiro atoms. The van der Waals surface area contributed by atoms with Crippen LogP contribution >= 0.6 is 0 Å². The van der Waals surface area contributed by atoms with Crippen molar-refractivity contribution in [1.29, 1.82) is 0 Å². The molecule has 2 aliphatic heterocycles. The van der Waals surface area contributed by atoms with Crippen LogP contribution in [0.2, 0.25) is 0 Å². The van der Waals surface area contributed by atoms with Crippen LogP contribution in [0.3, 0.4) is 0 Å². The Morgan fingerprint density at radius 2 is 1.91 bits per heavy atom. The lowest BCUT2D eigenvalue weighted by Gasteiger charge is -2.41. The number of phenols is 1. The smallest absolute Gasteiger partial charge is 0.242 e. The summed E-state index contributed by atoms with van der Waals surface area (Å²) in [5.41, 5.74) is 6.64. The van der Waals surface area contributed by atoms with Crippen LogP contribution in [0, 0.1) is 0 Å². The molecule has 0 aliphatic carbocycles. The van der Waals surface area contributed by atoms with Crippen molar-refractivity contribution < 1.29 is 14.6 Å². The standard InChI is InChI=1S/C17H25N3O3/c18-17(4-10-23-11-5-17)16(22)20-8-6-19(7-9-20)13-14-2-1-3-15(21)12-14/h1-3,12,21H,4-11,13,18H2. The van der Waals surface area contributed by atoms with E-state index in [9.17, 15) is 9.90 Å². The van der Waals surface area contributed by atoms with Gasteiger partial charge in [0, 0.05) is 45.9 Å². The number of nitrogens with two attached hydrogens (primary N) is 1. The van der Waals surface area contributed by atoms with Crippen LogP contribution in [-0.4, -0.2) is 65.7 Å². The van der Waals surface area contributed by atoms with Crippen molar-refractivity contribution in [3.05, 3.63) is 29.8 Å². The quantitative estimate of drug-likeness (QED) is 0.850. The van der Waals surface area contributed by atoms with Gasteiger partial charge in [-0.3, -0.25) is 9.69 Å². The number of piperazine rings is 1. The van der Waals surface area contributed by atoms with Gasteiger partial charge in [0.1, 0.15) is 5.75 Å². The first kappa shape index (κ1) is 16.2. The first-order chi connectivity index (χ1) is 11.1. The van der Waals surface area contributed by atoms with Crippen LogP contribution < -0.4 is 5.73 Å². The summed E-state index contributed by atoms with van der Waals surface area (Å²) >= 11 is 0. The van der Waals surface area contributed by atoms with Crippen LogP contribution in [-0.2, 0) is 16.1 Å². The third kappa shape index (κ3) is 3.83. The molecule has 0 aromatic heterocycles. The van der Waals surface area contributed by atoms with E-state index in [-0.39, 0.29) is 5.91 Å². The number of hydrogen-bond acceptors (Lipinski definition) is 5. The molecule has 6 heteroatoms. The van der Waals surface area contributed by atoms with Gasteiger partial charge < -0.3 is 20.5 Å². The first-order valence-corrected chi connectivity index (χ1v) is 8.23. The van der Waals surface area contributed by atoms with Gasteiger partial charge in [0.2, 0.25) is 5.91 Å². The fourth-order valence-electron chi connectivity index (χ4n) is 3.29.